The van der Waals surface area contributed by atoms with E-state index in [4.69, 9.17) is 11.6 Å². The van der Waals surface area contributed by atoms with Crippen molar-refractivity contribution in [3.63, 3.8) is 0 Å². The standard InChI is InChI=1S/C18H28ClN3O2S/c1-20-8-10-21(11-9-20)15-6-7-22(13-14(15)3-2-12-23)18(24)16-4-5-17(19)25-16/h4-5,14-15,23H,2-3,6-13H2,1H3. The van der Waals surface area contributed by atoms with Gasteiger partial charge in [-0.05, 0) is 44.4 Å². The molecule has 140 valence electrons. The Labute approximate surface area is 159 Å². The molecule has 1 aromatic rings. The molecule has 1 aromatic heterocycles. The van der Waals surface area contributed by atoms with Crippen LogP contribution in [0.1, 0.15) is 28.9 Å². The Morgan fingerprint density at radius 2 is 2.04 bits per heavy atom. The van der Waals surface area contributed by atoms with E-state index < -0.39 is 0 Å². The van der Waals surface area contributed by atoms with Gasteiger partial charge in [0.25, 0.3) is 5.91 Å². The normalized spacial score (nSPS) is 26.1. The summed E-state index contributed by atoms with van der Waals surface area (Å²) in [6.07, 6.45) is 2.80. The average Bonchev–Trinajstić information content (AvgIpc) is 3.06. The molecule has 0 spiro atoms. The third kappa shape index (κ3) is 4.74. The molecule has 0 aromatic carbocycles. The lowest BCUT2D eigenvalue weighted by Crippen LogP contribution is -2.56. The molecule has 0 aliphatic carbocycles. The van der Waals surface area contributed by atoms with Crippen LogP contribution in [0.2, 0.25) is 4.34 Å². The summed E-state index contributed by atoms with van der Waals surface area (Å²) in [6, 6.07) is 4.14. The number of rotatable bonds is 5. The van der Waals surface area contributed by atoms with Crippen LogP contribution in [0.5, 0.6) is 0 Å². The van der Waals surface area contributed by atoms with Crippen LogP contribution in [0.4, 0.5) is 0 Å². The zero-order valence-corrected chi connectivity index (χ0v) is 16.4. The van der Waals surface area contributed by atoms with Gasteiger partial charge in [0.2, 0.25) is 0 Å². The Kier molecular flexibility index (Phi) is 6.74. The first-order chi connectivity index (χ1) is 12.1. The largest absolute Gasteiger partial charge is 0.396 e. The topological polar surface area (TPSA) is 47.0 Å². The lowest BCUT2D eigenvalue weighted by molar-refractivity contribution is 0.0220. The molecule has 2 unspecified atom stereocenters. The number of thiophene rings is 1. The van der Waals surface area contributed by atoms with Gasteiger partial charge in [-0.25, -0.2) is 0 Å². The number of piperazine rings is 1. The molecule has 2 atom stereocenters. The highest BCUT2D eigenvalue weighted by molar-refractivity contribution is 7.17. The number of amides is 1. The Hall–Kier alpha value is -0.660. The van der Waals surface area contributed by atoms with E-state index in [0.717, 1.165) is 63.4 Å². The fourth-order valence-electron chi connectivity index (χ4n) is 4.06. The second-order valence-corrected chi connectivity index (χ2v) is 8.89. The van der Waals surface area contributed by atoms with Crippen LogP contribution in [0.15, 0.2) is 12.1 Å². The van der Waals surface area contributed by atoms with Crippen LogP contribution in [-0.2, 0) is 0 Å². The van der Waals surface area contributed by atoms with Crippen molar-refractivity contribution in [2.24, 2.45) is 5.92 Å². The molecule has 25 heavy (non-hydrogen) atoms. The number of likely N-dealkylation sites (N-methyl/N-ethyl adjacent to an activating group) is 1. The van der Waals surface area contributed by atoms with Crippen molar-refractivity contribution in [2.75, 3.05) is 52.9 Å². The van der Waals surface area contributed by atoms with E-state index in [1.54, 1.807) is 6.07 Å². The quantitative estimate of drug-likeness (QED) is 0.844. The fourth-order valence-corrected chi connectivity index (χ4v) is 5.07. The van der Waals surface area contributed by atoms with Crippen LogP contribution in [0, 0.1) is 5.92 Å². The Morgan fingerprint density at radius 1 is 1.28 bits per heavy atom. The van der Waals surface area contributed by atoms with Crippen molar-refractivity contribution < 1.29 is 9.90 Å². The van der Waals surface area contributed by atoms with Crippen LogP contribution >= 0.6 is 22.9 Å². The van der Waals surface area contributed by atoms with Crippen molar-refractivity contribution in [2.45, 2.75) is 25.3 Å². The number of carbonyl (C=O) groups excluding carboxylic acids is 1. The fraction of sp³-hybridized carbons (Fsp3) is 0.722. The maximum Gasteiger partial charge on any atom is 0.263 e. The van der Waals surface area contributed by atoms with E-state index in [1.807, 2.05) is 11.0 Å². The van der Waals surface area contributed by atoms with Crippen LogP contribution in [0.25, 0.3) is 0 Å². The summed E-state index contributed by atoms with van der Waals surface area (Å²) >= 11 is 7.34. The number of halogens is 1. The van der Waals surface area contributed by atoms with Gasteiger partial charge in [-0.3, -0.25) is 9.69 Å². The molecule has 5 nitrogen and oxygen atoms in total. The van der Waals surface area contributed by atoms with E-state index >= 15 is 0 Å². The summed E-state index contributed by atoms with van der Waals surface area (Å²) in [6.45, 7) is 6.24. The molecule has 0 saturated carbocycles. The molecule has 2 fully saturated rings. The number of aliphatic hydroxyl groups excluding tert-OH is 1. The molecule has 1 N–H and O–H groups in total. The summed E-state index contributed by atoms with van der Waals surface area (Å²) < 4.78 is 0.660. The molecule has 2 saturated heterocycles. The summed E-state index contributed by atoms with van der Waals surface area (Å²) in [4.78, 5) is 20.5. The second-order valence-electron chi connectivity index (χ2n) is 7.18. The van der Waals surface area contributed by atoms with E-state index in [1.165, 1.54) is 11.3 Å². The molecule has 0 radical (unpaired) electrons. The van der Waals surface area contributed by atoms with Crippen molar-refractivity contribution in [3.8, 4) is 0 Å². The third-order valence-electron chi connectivity index (χ3n) is 5.50. The SMILES string of the molecule is CN1CCN(C2CCN(C(=O)c3ccc(Cl)s3)CC2CCCO)CC1. The predicted octanol–water partition coefficient (Wildman–Crippen LogP) is 2.25. The maximum absolute atomic E-state index is 12.8. The lowest BCUT2D eigenvalue weighted by atomic mass is 9.86. The van der Waals surface area contributed by atoms with E-state index in [0.29, 0.717) is 16.3 Å². The Balaban J connectivity index is 1.66. The summed E-state index contributed by atoms with van der Waals surface area (Å²) in [5, 5.41) is 9.27. The highest BCUT2D eigenvalue weighted by Crippen LogP contribution is 2.29. The smallest absolute Gasteiger partial charge is 0.263 e. The lowest BCUT2D eigenvalue weighted by Gasteiger charge is -2.46. The predicted molar refractivity (Wildman–Crippen MR) is 103 cm³/mol. The first-order valence-electron chi connectivity index (χ1n) is 9.16. The molecule has 2 aliphatic heterocycles. The highest BCUT2D eigenvalue weighted by Gasteiger charge is 2.35. The summed E-state index contributed by atoms with van der Waals surface area (Å²) in [5.41, 5.74) is 0. The summed E-state index contributed by atoms with van der Waals surface area (Å²) in [5.74, 6) is 0.534. The van der Waals surface area contributed by atoms with Crippen LogP contribution < -0.4 is 0 Å². The minimum atomic E-state index is 0.0997. The van der Waals surface area contributed by atoms with Crippen molar-refractivity contribution in [1.29, 1.82) is 0 Å². The number of hydrogen-bond donors (Lipinski definition) is 1. The van der Waals surface area contributed by atoms with E-state index in [9.17, 15) is 9.90 Å². The number of carbonyl (C=O) groups is 1. The first kappa shape index (κ1) is 19.1. The van der Waals surface area contributed by atoms with Crippen LogP contribution in [0.3, 0.4) is 0 Å². The Bertz CT molecular complexity index is 574. The molecule has 2 aliphatic rings. The zero-order chi connectivity index (χ0) is 17.8. The van der Waals surface area contributed by atoms with Gasteiger partial charge in [0.15, 0.2) is 0 Å². The second kappa shape index (κ2) is 8.82. The monoisotopic (exact) mass is 385 g/mol. The van der Waals surface area contributed by atoms with Crippen LogP contribution in [-0.4, -0.2) is 84.7 Å². The molecule has 3 rings (SSSR count). The minimum Gasteiger partial charge on any atom is -0.396 e. The molecular weight excluding hydrogens is 358 g/mol. The van der Waals surface area contributed by atoms with Crippen molar-refractivity contribution >= 4 is 28.8 Å². The average molecular weight is 386 g/mol. The number of aliphatic hydroxyl groups is 1. The van der Waals surface area contributed by atoms with Gasteiger partial charge in [0.1, 0.15) is 0 Å². The molecule has 0 bridgehead atoms. The van der Waals surface area contributed by atoms with Gasteiger partial charge in [-0.15, -0.1) is 11.3 Å². The minimum absolute atomic E-state index is 0.0997. The van der Waals surface area contributed by atoms with Gasteiger partial charge in [0, 0.05) is 51.9 Å². The summed E-state index contributed by atoms with van der Waals surface area (Å²) in [7, 11) is 2.17. The van der Waals surface area contributed by atoms with Gasteiger partial charge < -0.3 is 14.9 Å². The number of nitrogens with zero attached hydrogens (tertiary/aromatic N) is 3. The zero-order valence-electron chi connectivity index (χ0n) is 14.9. The highest BCUT2D eigenvalue weighted by atomic mass is 35.5. The van der Waals surface area contributed by atoms with E-state index in [2.05, 4.69) is 16.8 Å². The number of hydrogen-bond acceptors (Lipinski definition) is 5. The first-order valence-corrected chi connectivity index (χ1v) is 10.4. The number of piperidine rings is 1. The van der Waals surface area contributed by atoms with Gasteiger partial charge in [0.05, 0.1) is 9.21 Å². The number of likely N-dealkylation sites (tertiary alicyclic amines) is 1. The van der Waals surface area contributed by atoms with Crippen molar-refractivity contribution in [3.05, 3.63) is 21.3 Å². The third-order valence-corrected chi connectivity index (χ3v) is 6.72. The van der Waals surface area contributed by atoms with Gasteiger partial charge in [-0.1, -0.05) is 11.6 Å². The molecule has 3 heterocycles. The molecule has 1 amide bonds. The Morgan fingerprint density at radius 3 is 2.68 bits per heavy atom. The molecular formula is C18H28ClN3O2S. The maximum atomic E-state index is 12.8. The molecule has 7 heteroatoms. The van der Waals surface area contributed by atoms with Crippen molar-refractivity contribution in [1.82, 2.24) is 14.7 Å². The van der Waals surface area contributed by atoms with Gasteiger partial charge in [-0.2, -0.15) is 0 Å². The van der Waals surface area contributed by atoms with Gasteiger partial charge >= 0.3 is 0 Å². The van der Waals surface area contributed by atoms with E-state index in [-0.39, 0.29) is 12.5 Å².